The number of rotatable bonds is 5. The van der Waals surface area contributed by atoms with Crippen molar-refractivity contribution in [3.05, 3.63) is 40.7 Å². The average Bonchev–Trinajstić information content (AvgIpc) is 2.86. The van der Waals surface area contributed by atoms with E-state index in [-0.39, 0.29) is 0 Å². The normalized spacial score (nSPS) is 12.9. The Balaban J connectivity index is 1.76. The smallest absolute Gasteiger partial charge is 0.106 e. The van der Waals surface area contributed by atoms with Gasteiger partial charge in [0.15, 0.2) is 0 Å². The van der Waals surface area contributed by atoms with Crippen LogP contribution in [-0.2, 0) is 13.0 Å². The van der Waals surface area contributed by atoms with Crippen molar-refractivity contribution in [1.29, 1.82) is 0 Å². The summed E-state index contributed by atoms with van der Waals surface area (Å²) < 4.78 is 5.29. The predicted molar refractivity (Wildman–Crippen MR) is 60.8 cm³/mol. The average molecular weight is 222 g/mol. The van der Waals surface area contributed by atoms with Gasteiger partial charge in [-0.05, 0) is 19.1 Å². The molecule has 4 heteroatoms. The molecule has 2 aromatic rings. The van der Waals surface area contributed by atoms with Crippen LogP contribution in [0.2, 0.25) is 0 Å². The summed E-state index contributed by atoms with van der Waals surface area (Å²) in [6.45, 7) is 2.98. The van der Waals surface area contributed by atoms with Crippen LogP contribution in [-0.4, -0.2) is 11.0 Å². The highest BCUT2D eigenvalue weighted by Gasteiger charge is 2.05. The Morgan fingerprint density at radius 1 is 1.60 bits per heavy atom. The molecule has 0 aliphatic heterocycles. The third-order valence-corrected chi connectivity index (χ3v) is 2.95. The zero-order valence-corrected chi connectivity index (χ0v) is 9.46. The number of hydrogen-bond donors (Lipinski definition) is 1. The molecule has 2 heterocycles. The molecule has 0 spiro atoms. The second kappa shape index (κ2) is 5.09. The van der Waals surface area contributed by atoms with Gasteiger partial charge in [0.2, 0.25) is 0 Å². The molecule has 80 valence electrons. The Labute approximate surface area is 93.2 Å². The predicted octanol–water partition coefficient (Wildman–Crippen LogP) is 2.46. The lowest BCUT2D eigenvalue weighted by Crippen LogP contribution is -2.27. The van der Waals surface area contributed by atoms with Gasteiger partial charge in [0, 0.05) is 30.6 Å². The van der Waals surface area contributed by atoms with E-state index in [1.807, 2.05) is 23.7 Å². The Hall–Kier alpha value is -1.13. The molecule has 0 bridgehead atoms. The van der Waals surface area contributed by atoms with Crippen molar-refractivity contribution in [2.45, 2.75) is 25.9 Å². The molecule has 0 aromatic carbocycles. The van der Waals surface area contributed by atoms with Gasteiger partial charge in [-0.3, -0.25) is 0 Å². The zero-order chi connectivity index (χ0) is 10.5. The lowest BCUT2D eigenvalue weighted by Gasteiger charge is -2.10. The van der Waals surface area contributed by atoms with Crippen LogP contribution in [0.15, 0.2) is 34.4 Å². The van der Waals surface area contributed by atoms with Crippen molar-refractivity contribution < 1.29 is 4.42 Å². The summed E-state index contributed by atoms with van der Waals surface area (Å²) >= 11 is 1.68. The first kappa shape index (κ1) is 10.4. The SMILES string of the molecule is CC(Cc1ccco1)NCc1nccs1. The van der Waals surface area contributed by atoms with E-state index >= 15 is 0 Å². The second-order valence-electron chi connectivity index (χ2n) is 3.49. The van der Waals surface area contributed by atoms with Crippen molar-refractivity contribution in [2.75, 3.05) is 0 Å². The molecular weight excluding hydrogens is 208 g/mol. The van der Waals surface area contributed by atoms with E-state index in [0.717, 1.165) is 23.7 Å². The highest BCUT2D eigenvalue weighted by atomic mass is 32.1. The van der Waals surface area contributed by atoms with Crippen LogP contribution >= 0.6 is 11.3 Å². The first-order valence-electron chi connectivity index (χ1n) is 4.99. The van der Waals surface area contributed by atoms with Gasteiger partial charge in [-0.15, -0.1) is 11.3 Å². The van der Waals surface area contributed by atoms with Crippen LogP contribution in [0.25, 0.3) is 0 Å². The third-order valence-electron chi connectivity index (χ3n) is 2.17. The quantitative estimate of drug-likeness (QED) is 0.844. The van der Waals surface area contributed by atoms with E-state index < -0.39 is 0 Å². The summed E-state index contributed by atoms with van der Waals surface area (Å²) in [4.78, 5) is 4.22. The molecule has 3 nitrogen and oxygen atoms in total. The molecule has 0 radical (unpaired) electrons. The van der Waals surface area contributed by atoms with Crippen LogP contribution in [0.4, 0.5) is 0 Å². The van der Waals surface area contributed by atoms with Crippen LogP contribution in [0.1, 0.15) is 17.7 Å². The highest BCUT2D eigenvalue weighted by molar-refractivity contribution is 7.09. The summed E-state index contributed by atoms with van der Waals surface area (Å²) in [7, 11) is 0. The van der Waals surface area contributed by atoms with Crippen molar-refractivity contribution in [3.8, 4) is 0 Å². The maximum atomic E-state index is 5.29. The summed E-state index contributed by atoms with van der Waals surface area (Å²) in [6, 6.07) is 4.32. The largest absolute Gasteiger partial charge is 0.469 e. The Kier molecular flexibility index (Phi) is 3.53. The molecule has 1 unspecified atom stereocenters. The van der Waals surface area contributed by atoms with Gasteiger partial charge in [0.25, 0.3) is 0 Å². The number of hydrogen-bond acceptors (Lipinski definition) is 4. The minimum Gasteiger partial charge on any atom is -0.469 e. The van der Waals surface area contributed by atoms with E-state index in [1.165, 1.54) is 0 Å². The summed E-state index contributed by atoms with van der Waals surface area (Å²) in [5.74, 6) is 1.02. The lowest BCUT2D eigenvalue weighted by molar-refractivity contribution is 0.456. The van der Waals surface area contributed by atoms with E-state index in [9.17, 15) is 0 Å². The van der Waals surface area contributed by atoms with Crippen LogP contribution in [0, 0.1) is 0 Å². The maximum Gasteiger partial charge on any atom is 0.106 e. The Morgan fingerprint density at radius 3 is 3.20 bits per heavy atom. The standard InChI is InChI=1S/C11H14N2OS/c1-9(7-10-3-2-5-14-10)13-8-11-12-4-6-15-11/h2-6,9,13H,7-8H2,1H3. The molecular formula is C11H14N2OS. The van der Waals surface area contributed by atoms with Crippen LogP contribution < -0.4 is 5.32 Å². The molecule has 0 fully saturated rings. The van der Waals surface area contributed by atoms with E-state index in [1.54, 1.807) is 17.6 Å². The molecule has 0 saturated heterocycles. The van der Waals surface area contributed by atoms with Gasteiger partial charge in [0.1, 0.15) is 10.8 Å². The van der Waals surface area contributed by atoms with Crippen molar-refractivity contribution in [3.63, 3.8) is 0 Å². The number of aromatic nitrogens is 1. The topological polar surface area (TPSA) is 38.1 Å². The van der Waals surface area contributed by atoms with Gasteiger partial charge in [0.05, 0.1) is 6.26 Å². The van der Waals surface area contributed by atoms with Gasteiger partial charge < -0.3 is 9.73 Å². The van der Waals surface area contributed by atoms with Crippen molar-refractivity contribution in [1.82, 2.24) is 10.3 Å². The van der Waals surface area contributed by atoms with Gasteiger partial charge in [-0.2, -0.15) is 0 Å². The fourth-order valence-corrected chi connectivity index (χ4v) is 1.97. The first-order valence-corrected chi connectivity index (χ1v) is 5.86. The molecule has 15 heavy (non-hydrogen) atoms. The molecule has 1 atom stereocenters. The second-order valence-corrected chi connectivity index (χ2v) is 4.47. The van der Waals surface area contributed by atoms with E-state index in [0.29, 0.717) is 6.04 Å². The maximum absolute atomic E-state index is 5.29. The minimum atomic E-state index is 0.403. The number of nitrogens with zero attached hydrogens (tertiary/aromatic N) is 1. The Morgan fingerprint density at radius 2 is 2.53 bits per heavy atom. The summed E-state index contributed by atoms with van der Waals surface area (Å²) in [5.41, 5.74) is 0. The van der Waals surface area contributed by atoms with E-state index in [2.05, 4.69) is 17.2 Å². The Bertz CT molecular complexity index is 369. The van der Waals surface area contributed by atoms with Crippen molar-refractivity contribution >= 4 is 11.3 Å². The van der Waals surface area contributed by atoms with Crippen LogP contribution in [0.3, 0.4) is 0 Å². The number of nitrogens with one attached hydrogen (secondary N) is 1. The van der Waals surface area contributed by atoms with Crippen molar-refractivity contribution in [2.24, 2.45) is 0 Å². The number of thiazole rings is 1. The monoisotopic (exact) mass is 222 g/mol. The molecule has 0 amide bonds. The van der Waals surface area contributed by atoms with Gasteiger partial charge >= 0.3 is 0 Å². The third kappa shape index (κ3) is 3.18. The fraction of sp³-hybridized carbons (Fsp3) is 0.364. The molecule has 1 N–H and O–H groups in total. The zero-order valence-electron chi connectivity index (χ0n) is 8.64. The molecule has 0 saturated carbocycles. The van der Waals surface area contributed by atoms with E-state index in [4.69, 9.17) is 4.42 Å². The summed E-state index contributed by atoms with van der Waals surface area (Å²) in [6.07, 6.45) is 4.46. The summed E-state index contributed by atoms with van der Waals surface area (Å²) in [5, 5.41) is 6.53. The molecule has 0 aliphatic rings. The number of furan rings is 1. The van der Waals surface area contributed by atoms with Gasteiger partial charge in [-0.1, -0.05) is 0 Å². The molecule has 2 rings (SSSR count). The minimum absolute atomic E-state index is 0.403. The fourth-order valence-electron chi connectivity index (χ4n) is 1.40. The lowest BCUT2D eigenvalue weighted by atomic mass is 10.2. The van der Waals surface area contributed by atoms with Crippen LogP contribution in [0.5, 0.6) is 0 Å². The molecule has 2 aromatic heterocycles. The van der Waals surface area contributed by atoms with Gasteiger partial charge in [-0.25, -0.2) is 4.98 Å². The molecule has 0 aliphatic carbocycles. The highest BCUT2D eigenvalue weighted by Crippen LogP contribution is 2.06. The first-order chi connectivity index (χ1) is 7.34.